The van der Waals surface area contributed by atoms with E-state index in [1.807, 2.05) is 42.5 Å². The van der Waals surface area contributed by atoms with Crippen molar-refractivity contribution >= 4 is 30.6 Å². The maximum Gasteiger partial charge on any atom is 0.207 e. The largest absolute Gasteiger partial charge is 0.391 e. The SMILES string of the molecule is O=P(O)(Cc1ccccc1)C[C@@H](O)CNCCCc1ccc(Cl)c(Cl)c1. The highest BCUT2D eigenvalue weighted by Gasteiger charge is 2.23. The minimum Gasteiger partial charge on any atom is -0.391 e. The second-order valence-corrected chi connectivity index (χ2v) is 9.57. The van der Waals surface area contributed by atoms with Crippen LogP contribution in [0.15, 0.2) is 48.5 Å². The smallest absolute Gasteiger partial charge is 0.207 e. The molecule has 0 aliphatic rings. The van der Waals surface area contributed by atoms with Gasteiger partial charge >= 0.3 is 0 Å². The summed E-state index contributed by atoms with van der Waals surface area (Å²) in [5.41, 5.74) is 1.91. The molecule has 7 heteroatoms. The van der Waals surface area contributed by atoms with Crippen LogP contribution in [0.25, 0.3) is 0 Å². The number of nitrogens with one attached hydrogen (secondary N) is 1. The van der Waals surface area contributed by atoms with E-state index in [4.69, 9.17) is 23.2 Å². The molecule has 26 heavy (non-hydrogen) atoms. The van der Waals surface area contributed by atoms with E-state index in [-0.39, 0.29) is 12.3 Å². The standard InChI is InChI=1S/C19H24Cl2NO3P/c20-18-9-8-15(11-19(18)21)7-4-10-22-12-17(23)14-26(24,25)13-16-5-2-1-3-6-16/h1-3,5-6,8-9,11,17,22-23H,4,7,10,12-14H2,(H,24,25)/t17-/m0/s1. The molecule has 3 N–H and O–H groups in total. The third-order valence-corrected chi connectivity index (χ3v) is 6.54. The van der Waals surface area contributed by atoms with Crippen LogP contribution in [0.3, 0.4) is 0 Å². The van der Waals surface area contributed by atoms with Gasteiger partial charge in [-0.15, -0.1) is 0 Å². The fourth-order valence-electron chi connectivity index (χ4n) is 2.71. The van der Waals surface area contributed by atoms with Crippen LogP contribution < -0.4 is 5.32 Å². The third-order valence-electron chi connectivity index (χ3n) is 3.95. The molecule has 1 unspecified atom stereocenters. The molecule has 0 fully saturated rings. The second-order valence-electron chi connectivity index (χ2n) is 6.38. The molecule has 0 heterocycles. The summed E-state index contributed by atoms with van der Waals surface area (Å²) >= 11 is 11.9. The van der Waals surface area contributed by atoms with Crippen LogP contribution in [-0.4, -0.2) is 35.4 Å². The molecule has 2 rings (SSSR count). The van der Waals surface area contributed by atoms with Crippen LogP contribution in [0, 0.1) is 0 Å². The highest BCUT2D eigenvalue weighted by Crippen LogP contribution is 2.44. The number of rotatable bonds is 10. The fourth-order valence-corrected chi connectivity index (χ4v) is 4.73. The Morgan fingerprint density at radius 3 is 2.46 bits per heavy atom. The molecule has 2 aromatic carbocycles. The Morgan fingerprint density at radius 1 is 1.04 bits per heavy atom. The normalized spacial score (nSPS) is 14.8. The number of aliphatic hydroxyl groups excluding tert-OH is 1. The molecule has 0 saturated carbocycles. The molecule has 0 bridgehead atoms. The molecular formula is C19H24Cl2NO3P. The first-order chi connectivity index (χ1) is 12.4. The van der Waals surface area contributed by atoms with Crippen molar-refractivity contribution < 1.29 is 14.6 Å². The number of halogens is 2. The molecule has 2 aromatic rings. The Labute approximate surface area is 164 Å². The molecule has 0 saturated heterocycles. The van der Waals surface area contributed by atoms with E-state index in [1.165, 1.54) is 0 Å². The number of aryl methyl sites for hydroxylation is 1. The van der Waals surface area contributed by atoms with Crippen molar-refractivity contribution in [3.8, 4) is 0 Å². The van der Waals surface area contributed by atoms with E-state index in [2.05, 4.69) is 5.32 Å². The van der Waals surface area contributed by atoms with Crippen LogP contribution in [0.2, 0.25) is 10.0 Å². The molecule has 4 nitrogen and oxygen atoms in total. The zero-order valence-corrected chi connectivity index (χ0v) is 16.9. The van der Waals surface area contributed by atoms with E-state index in [9.17, 15) is 14.6 Å². The molecular weight excluding hydrogens is 392 g/mol. The lowest BCUT2D eigenvalue weighted by Crippen LogP contribution is -2.30. The molecule has 0 aromatic heterocycles. The van der Waals surface area contributed by atoms with Gasteiger partial charge in [-0.2, -0.15) is 0 Å². The topological polar surface area (TPSA) is 69.6 Å². The van der Waals surface area contributed by atoms with Crippen molar-refractivity contribution in [2.24, 2.45) is 0 Å². The summed E-state index contributed by atoms with van der Waals surface area (Å²) in [7, 11) is -3.40. The van der Waals surface area contributed by atoms with Crippen molar-refractivity contribution in [1.82, 2.24) is 5.32 Å². The summed E-state index contributed by atoms with van der Waals surface area (Å²) in [5, 5.41) is 14.2. The lowest BCUT2D eigenvalue weighted by molar-refractivity contribution is 0.190. The van der Waals surface area contributed by atoms with Gasteiger partial charge in [-0.1, -0.05) is 59.6 Å². The van der Waals surface area contributed by atoms with Crippen molar-refractivity contribution in [1.29, 1.82) is 0 Å². The van der Waals surface area contributed by atoms with Crippen LogP contribution in [0.5, 0.6) is 0 Å². The van der Waals surface area contributed by atoms with E-state index < -0.39 is 13.5 Å². The van der Waals surface area contributed by atoms with Gasteiger partial charge in [0.15, 0.2) is 0 Å². The number of hydrogen-bond donors (Lipinski definition) is 3. The molecule has 2 atom stereocenters. The minimum atomic E-state index is -3.40. The minimum absolute atomic E-state index is 0.0855. The maximum absolute atomic E-state index is 12.3. The summed E-state index contributed by atoms with van der Waals surface area (Å²) in [4.78, 5) is 10.1. The number of benzene rings is 2. The Hall–Kier alpha value is -0.870. The van der Waals surface area contributed by atoms with Crippen molar-refractivity contribution in [3.63, 3.8) is 0 Å². The van der Waals surface area contributed by atoms with Gasteiger partial charge in [-0.05, 0) is 42.6 Å². The van der Waals surface area contributed by atoms with E-state index in [0.717, 1.165) is 24.0 Å². The summed E-state index contributed by atoms with van der Waals surface area (Å²) < 4.78 is 12.3. The van der Waals surface area contributed by atoms with Gasteiger partial charge in [0.05, 0.1) is 22.3 Å². The van der Waals surface area contributed by atoms with Gasteiger partial charge in [-0.25, -0.2) is 0 Å². The first kappa shape index (κ1) is 21.4. The Bertz CT molecular complexity index is 743. The van der Waals surface area contributed by atoms with Crippen molar-refractivity contribution in [2.75, 3.05) is 19.3 Å². The van der Waals surface area contributed by atoms with Crippen LogP contribution >= 0.6 is 30.6 Å². The maximum atomic E-state index is 12.3. The first-order valence-electron chi connectivity index (χ1n) is 8.53. The predicted molar refractivity (Wildman–Crippen MR) is 108 cm³/mol. The Balaban J connectivity index is 1.65. The van der Waals surface area contributed by atoms with E-state index in [0.29, 0.717) is 23.1 Å². The number of aliphatic hydroxyl groups is 1. The fraction of sp³-hybridized carbons (Fsp3) is 0.368. The molecule has 0 spiro atoms. The summed E-state index contributed by atoms with van der Waals surface area (Å²) in [5.74, 6) is 0. The second kappa shape index (κ2) is 10.5. The van der Waals surface area contributed by atoms with Crippen molar-refractivity contribution in [2.45, 2.75) is 25.1 Å². The van der Waals surface area contributed by atoms with Gasteiger partial charge < -0.3 is 15.3 Å². The summed E-state index contributed by atoms with van der Waals surface area (Å²) in [6.07, 6.45) is 0.835. The highest BCUT2D eigenvalue weighted by atomic mass is 35.5. The number of hydrogen-bond acceptors (Lipinski definition) is 3. The lowest BCUT2D eigenvalue weighted by atomic mass is 10.1. The van der Waals surface area contributed by atoms with E-state index >= 15 is 0 Å². The highest BCUT2D eigenvalue weighted by molar-refractivity contribution is 7.57. The van der Waals surface area contributed by atoms with Crippen LogP contribution in [0.4, 0.5) is 0 Å². The van der Waals surface area contributed by atoms with Crippen molar-refractivity contribution in [3.05, 3.63) is 69.7 Å². The summed E-state index contributed by atoms with van der Waals surface area (Å²) in [6, 6.07) is 14.7. The zero-order valence-electron chi connectivity index (χ0n) is 14.4. The third kappa shape index (κ3) is 7.79. The van der Waals surface area contributed by atoms with E-state index in [1.54, 1.807) is 6.07 Å². The molecule has 0 aliphatic carbocycles. The van der Waals surface area contributed by atoms with Crippen LogP contribution in [0.1, 0.15) is 17.5 Å². The molecule has 142 valence electrons. The van der Waals surface area contributed by atoms with Gasteiger partial charge in [0.2, 0.25) is 7.37 Å². The average Bonchev–Trinajstić information content (AvgIpc) is 2.57. The zero-order chi connectivity index (χ0) is 19.0. The van der Waals surface area contributed by atoms with Crippen LogP contribution in [-0.2, 0) is 17.1 Å². The Morgan fingerprint density at radius 2 is 1.77 bits per heavy atom. The Kier molecular flexibility index (Phi) is 8.62. The average molecular weight is 416 g/mol. The molecule has 0 radical (unpaired) electrons. The molecule has 0 aliphatic heterocycles. The quantitative estimate of drug-likeness (QED) is 0.398. The van der Waals surface area contributed by atoms with Gasteiger partial charge in [0.1, 0.15) is 0 Å². The lowest BCUT2D eigenvalue weighted by Gasteiger charge is -2.17. The van der Waals surface area contributed by atoms with Gasteiger partial charge in [0, 0.05) is 12.7 Å². The predicted octanol–water partition coefficient (Wildman–Crippen LogP) is 4.35. The first-order valence-corrected chi connectivity index (χ1v) is 11.3. The van der Waals surface area contributed by atoms with Gasteiger partial charge in [-0.3, -0.25) is 4.57 Å². The monoisotopic (exact) mass is 415 g/mol. The summed E-state index contributed by atoms with van der Waals surface area (Å²) in [6.45, 7) is 0.992. The van der Waals surface area contributed by atoms with Gasteiger partial charge in [0.25, 0.3) is 0 Å². The molecule has 0 amide bonds.